The van der Waals surface area contributed by atoms with Gasteiger partial charge in [0.25, 0.3) is 0 Å². The molecule has 1 rings (SSSR count). The highest BCUT2D eigenvalue weighted by molar-refractivity contribution is 5.40. The average Bonchev–Trinajstić information content (AvgIpc) is 2.21. The van der Waals surface area contributed by atoms with Crippen LogP contribution in [0.15, 0.2) is 18.3 Å². The average molecular weight is 207 g/mol. The third-order valence-corrected chi connectivity index (χ3v) is 2.63. The third kappa shape index (κ3) is 3.51. The quantitative estimate of drug-likeness (QED) is 0.779. The Morgan fingerprint density at radius 3 is 2.67 bits per heavy atom. The number of pyridine rings is 1. The van der Waals surface area contributed by atoms with Crippen LogP contribution in [0.2, 0.25) is 0 Å². The maximum absolute atomic E-state index is 5.85. The van der Waals surface area contributed by atoms with Gasteiger partial charge in [0, 0.05) is 17.8 Å². The Morgan fingerprint density at radius 1 is 1.40 bits per heavy atom. The Labute approximate surface area is 92.1 Å². The molecule has 15 heavy (non-hydrogen) atoms. The van der Waals surface area contributed by atoms with Crippen LogP contribution in [0.3, 0.4) is 0 Å². The fourth-order valence-electron chi connectivity index (χ4n) is 1.68. The van der Waals surface area contributed by atoms with Gasteiger partial charge >= 0.3 is 0 Å². The summed E-state index contributed by atoms with van der Waals surface area (Å²) in [5.74, 6) is 1.36. The molecule has 0 aliphatic rings. The van der Waals surface area contributed by atoms with E-state index in [4.69, 9.17) is 5.73 Å². The number of nitrogens with zero attached hydrogens (tertiary/aromatic N) is 1. The van der Waals surface area contributed by atoms with Crippen LogP contribution in [0.4, 0.5) is 5.82 Å². The molecule has 0 radical (unpaired) electrons. The predicted molar refractivity (Wildman–Crippen MR) is 64.5 cm³/mol. The number of nitrogens with two attached hydrogens (primary N) is 1. The van der Waals surface area contributed by atoms with Crippen LogP contribution in [-0.2, 0) is 0 Å². The molecule has 0 amide bonds. The van der Waals surface area contributed by atoms with E-state index in [2.05, 4.69) is 24.1 Å². The molecule has 84 valence electrons. The minimum atomic E-state index is 0.320. The predicted octanol–water partition coefficient (Wildman–Crippen LogP) is 2.36. The van der Waals surface area contributed by atoms with Gasteiger partial charge in [0.2, 0.25) is 0 Å². The molecule has 1 atom stereocenters. The summed E-state index contributed by atoms with van der Waals surface area (Å²) in [6.07, 6.45) is 4.03. The van der Waals surface area contributed by atoms with E-state index in [1.165, 1.54) is 6.42 Å². The van der Waals surface area contributed by atoms with Crippen molar-refractivity contribution in [2.45, 2.75) is 32.7 Å². The van der Waals surface area contributed by atoms with E-state index in [0.29, 0.717) is 11.9 Å². The van der Waals surface area contributed by atoms with Crippen molar-refractivity contribution in [3.05, 3.63) is 23.9 Å². The fraction of sp³-hybridized carbons (Fsp3) is 0.583. The van der Waals surface area contributed by atoms with Gasteiger partial charge in [-0.25, -0.2) is 4.98 Å². The number of rotatable bonds is 5. The van der Waals surface area contributed by atoms with Crippen molar-refractivity contribution in [1.82, 2.24) is 10.3 Å². The molecule has 0 aromatic carbocycles. The van der Waals surface area contributed by atoms with Crippen molar-refractivity contribution < 1.29 is 0 Å². The maximum Gasteiger partial charge on any atom is 0.128 e. The smallest absolute Gasteiger partial charge is 0.128 e. The summed E-state index contributed by atoms with van der Waals surface area (Å²) in [7, 11) is 1.97. The number of nitrogen functional groups attached to an aromatic ring is 1. The van der Waals surface area contributed by atoms with Gasteiger partial charge in [-0.1, -0.05) is 19.9 Å². The zero-order chi connectivity index (χ0) is 11.3. The van der Waals surface area contributed by atoms with E-state index in [0.717, 1.165) is 17.9 Å². The Bertz CT molecular complexity index is 297. The zero-order valence-electron chi connectivity index (χ0n) is 9.83. The lowest BCUT2D eigenvalue weighted by Gasteiger charge is -2.18. The normalized spacial score (nSPS) is 13.1. The van der Waals surface area contributed by atoms with Crippen molar-refractivity contribution in [3.8, 4) is 0 Å². The molecule has 1 heterocycles. The molecule has 0 aliphatic heterocycles. The molecular weight excluding hydrogens is 186 g/mol. The van der Waals surface area contributed by atoms with E-state index in [1.54, 1.807) is 6.20 Å². The van der Waals surface area contributed by atoms with E-state index in [-0.39, 0.29) is 0 Å². The van der Waals surface area contributed by atoms with Crippen LogP contribution in [-0.4, -0.2) is 12.0 Å². The minimum Gasteiger partial charge on any atom is -0.383 e. The Balaban J connectivity index is 2.70. The van der Waals surface area contributed by atoms with E-state index in [1.807, 2.05) is 19.2 Å². The van der Waals surface area contributed by atoms with E-state index < -0.39 is 0 Å². The molecule has 1 aromatic heterocycles. The maximum atomic E-state index is 5.85. The molecule has 0 spiro atoms. The van der Waals surface area contributed by atoms with Crippen LogP contribution in [0, 0.1) is 5.92 Å². The second kappa shape index (κ2) is 5.71. The Kier molecular flexibility index (Phi) is 4.56. The SMILES string of the molecule is CNC(CCC(C)C)c1cccnc1N. The van der Waals surface area contributed by atoms with Crippen molar-refractivity contribution in [2.24, 2.45) is 5.92 Å². The molecule has 0 fully saturated rings. The highest BCUT2D eigenvalue weighted by Gasteiger charge is 2.12. The van der Waals surface area contributed by atoms with Crippen LogP contribution in [0.5, 0.6) is 0 Å². The van der Waals surface area contributed by atoms with Crippen molar-refractivity contribution >= 4 is 5.82 Å². The van der Waals surface area contributed by atoms with Crippen LogP contribution in [0.25, 0.3) is 0 Å². The number of aromatic nitrogens is 1. The summed E-state index contributed by atoms with van der Waals surface area (Å²) in [5, 5.41) is 3.29. The van der Waals surface area contributed by atoms with Gasteiger partial charge in [0.05, 0.1) is 0 Å². The summed E-state index contributed by atoms with van der Waals surface area (Å²) >= 11 is 0. The second-order valence-corrected chi connectivity index (χ2v) is 4.29. The zero-order valence-corrected chi connectivity index (χ0v) is 9.83. The van der Waals surface area contributed by atoms with Crippen molar-refractivity contribution in [2.75, 3.05) is 12.8 Å². The fourth-order valence-corrected chi connectivity index (χ4v) is 1.68. The summed E-state index contributed by atoms with van der Waals surface area (Å²) in [6.45, 7) is 4.47. The Hall–Kier alpha value is -1.09. The topological polar surface area (TPSA) is 50.9 Å². The van der Waals surface area contributed by atoms with Gasteiger partial charge in [0.1, 0.15) is 5.82 Å². The molecule has 3 N–H and O–H groups in total. The van der Waals surface area contributed by atoms with Crippen molar-refractivity contribution in [3.63, 3.8) is 0 Å². The summed E-state index contributed by atoms with van der Waals surface area (Å²) in [5.41, 5.74) is 6.96. The van der Waals surface area contributed by atoms with Crippen molar-refractivity contribution in [1.29, 1.82) is 0 Å². The monoisotopic (exact) mass is 207 g/mol. The first-order valence-corrected chi connectivity index (χ1v) is 5.52. The lowest BCUT2D eigenvalue weighted by atomic mass is 9.98. The largest absolute Gasteiger partial charge is 0.383 e. The highest BCUT2D eigenvalue weighted by atomic mass is 14.9. The molecule has 0 saturated heterocycles. The highest BCUT2D eigenvalue weighted by Crippen LogP contribution is 2.23. The number of nitrogens with one attached hydrogen (secondary N) is 1. The lowest BCUT2D eigenvalue weighted by Crippen LogP contribution is -2.18. The summed E-state index contributed by atoms with van der Waals surface area (Å²) in [6, 6.07) is 4.30. The van der Waals surface area contributed by atoms with Gasteiger partial charge in [-0.2, -0.15) is 0 Å². The molecule has 1 unspecified atom stereocenters. The van der Waals surface area contributed by atoms with Gasteiger partial charge in [-0.15, -0.1) is 0 Å². The molecule has 3 heteroatoms. The molecule has 0 saturated carbocycles. The number of hydrogen-bond donors (Lipinski definition) is 2. The second-order valence-electron chi connectivity index (χ2n) is 4.29. The van der Waals surface area contributed by atoms with Gasteiger partial charge in [-0.05, 0) is 31.9 Å². The van der Waals surface area contributed by atoms with Gasteiger partial charge in [-0.3, -0.25) is 0 Å². The van der Waals surface area contributed by atoms with E-state index in [9.17, 15) is 0 Å². The van der Waals surface area contributed by atoms with E-state index >= 15 is 0 Å². The first kappa shape index (κ1) is 12.0. The minimum absolute atomic E-state index is 0.320. The number of anilines is 1. The molecule has 0 aliphatic carbocycles. The molecule has 0 bridgehead atoms. The first-order chi connectivity index (χ1) is 7.15. The number of hydrogen-bond acceptors (Lipinski definition) is 3. The van der Waals surface area contributed by atoms with Crippen LogP contribution in [0.1, 0.15) is 38.3 Å². The summed E-state index contributed by atoms with van der Waals surface area (Å²) in [4.78, 5) is 4.11. The molecular formula is C12H21N3. The van der Waals surface area contributed by atoms with Gasteiger partial charge < -0.3 is 11.1 Å². The standard InChI is InChI=1S/C12H21N3/c1-9(2)6-7-11(14-3)10-5-4-8-15-12(10)13/h4-5,8-9,11,14H,6-7H2,1-3H3,(H2,13,15). The van der Waals surface area contributed by atoms with Gasteiger partial charge in [0.15, 0.2) is 0 Å². The lowest BCUT2D eigenvalue weighted by molar-refractivity contribution is 0.465. The summed E-state index contributed by atoms with van der Waals surface area (Å²) < 4.78 is 0. The van der Waals surface area contributed by atoms with Crippen LogP contribution < -0.4 is 11.1 Å². The van der Waals surface area contributed by atoms with Crippen LogP contribution >= 0.6 is 0 Å². The Morgan fingerprint density at radius 2 is 2.13 bits per heavy atom. The third-order valence-electron chi connectivity index (χ3n) is 2.63. The molecule has 3 nitrogen and oxygen atoms in total. The molecule has 1 aromatic rings. The first-order valence-electron chi connectivity index (χ1n) is 5.52.